The maximum Gasteiger partial charge on any atom is 0.230 e. The summed E-state index contributed by atoms with van der Waals surface area (Å²) in [6.07, 6.45) is 3.98. The van der Waals surface area contributed by atoms with E-state index in [2.05, 4.69) is 15.6 Å². The Balaban J connectivity index is 2.09. The first-order valence-corrected chi connectivity index (χ1v) is 10.4. The van der Waals surface area contributed by atoms with Crippen molar-refractivity contribution in [3.63, 3.8) is 0 Å². The van der Waals surface area contributed by atoms with Crippen LogP contribution in [-0.4, -0.2) is 62.9 Å². The molecule has 2 rings (SSSR count). The second-order valence-corrected chi connectivity index (χ2v) is 8.40. The van der Waals surface area contributed by atoms with Crippen molar-refractivity contribution in [2.24, 2.45) is 10.4 Å². The van der Waals surface area contributed by atoms with Gasteiger partial charge >= 0.3 is 0 Å². The van der Waals surface area contributed by atoms with Crippen LogP contribution in [0.1, 0.15) is 43.7 Å². The summed E-state index contributed by atoms with van der Waals surface area (Å²) < 4.78 is 14.0. The third kappa shape index (κ3) is 6.42. The van der Waals surface area contributed by atoms with Crippen LogP contribution in [0.3, 0.4) is 0 Å². The largest absolute Gasteiger partial charge is 0.357 e. The Morgan fingerprint density at radius 1 is 1.17 bits per heavy atom. The van der Waals surface area contributed by atoms with E-state index < -0.39 is 0 Å². The van der Waals surface area contributed by atoms with E-state index in [1.165, 1.54) is 6.07 Å². The summed E-state index contributed by atoms with van der Waals surface area (Å²) in [6, 6.07) is 5.15. The Morgan fingerprint density at radius 3 is 2.45 bits per heavy atom. The van der Waals surface area contributed by atoms with Gasteiger partial charge in [0.25, 0.3) is 0 Å². The van der Waals surface area contributed by atoms with Crippen LogP contribution in [-0.2, 0) is 17.9 Å². The molecule has 0 atom stereocenters. The lowest BCUT2D eigenvalue weighted by Gasteiger charge is -2.31. The molecule has 1 amide bonds. The van der Waals surface area contributed by atoms with Gasteiger partial charge in [-0.25, -0.2) is 9.38 Å². The van der Waals surface area contributed by atoms with Gasteiger partial charge in [0.05, 0.1) is 12.0 Å². The summed E-state index contributed by atoms with van der Waals surface area (Å²) in [6.45, 7) is 4.32. The third-order valence-corrected chi connectivity index (χ3v) is 5.38. The molecule has 1 aromatic rings. The normalized spacial score (nSPS) is 16.2. The molecule has 1 saturated carbocycles. The quantitative estimate of drug-likeness (QED) is 0.516. The van der Waals surface area contributed by atoms with E-state index in [1.807, 2.05) is 46.1 Å². The number of benzene rings is 1. The second-order valence-electron chi connectivity index (χ2n) is 8.40. The molecule has 0 bridgehead atoms. The van der Waals surface area contributed by atoms with Crippen molar-refractivity contribution >= 4 is 11.9 Å². The zero-order chi connectivity index (χ0) is 21.4. The standard InChI is InChI=1S/C22H36FN5O/c1-6-24-21(26-16-22(11-7-8-12-22)20(29)28(4)5)25-14-17-9-10-19(23)18(13-17)15-27(2)3/h9-10,13H,6-8,11-12,14-16H2,1-5H3,(H2,24,25,26). The molecule has 1 aliphatic rings. The minimum Gasteiger partial charge on any atom is -0.357 e. The monoisotopic (exact) mass is 405 g/mol. The average molecular weight is 406 g/mol. The summed E-state index contributed by atoms with van der Waals surface area (Å²) in [5, 5.41) is 6.63. The van der Waals surface area contributed by atoms with Gasteiger partial charge in [-0.05, 0) is 51.6 Å². The molecule has 0 spiro atoms. The first kappa shape index (κ1) is 23.1. The number of nitrogens with one attached hydrogen (secondary N) is 2. The van der Waals surface area contributed by atoms with Crippen LogP contribution in [0.5, 0.6) is 0 Å². The third-order valence-electron chi connectivity index (χ3n) is 5.38. The lowest BCUT2D eigenvalue weighted by Crippen LogP contribution is -2.49. The van der Waals surface area contributed by atoms with Gasteiger partial charge in [0, 0.05) is 39.3 Å². The fraction of sp³-hybridized carbons (Fsp3) is 0.636. The van der Waals surface area contributed by atoms with Crippen LogP contribution in [0.4, 0.5) is 4.39 Å². The zero-order valence-corrected chi connectivity index (χ0v) is 18.5. The average Bonchev–Trinajstić information content (AvgIpc) is 3.15. The van der Waals surface area contributed by atoms with E-state index in [0.717, 1.165) is 37.8 Å². The molecule has 1 aliphatic carbocycles. The van der Waals surface area contributed by atoms with Crippen LogP contribution >= 0.6 is 0 Å². The van der Waals surface area contributed by atoms with Crippen LogP contribution in [0.2, 0.25) is 0 Å². The Morgan fingerprint density at radius 2 is 1.86 bits per heavy atom. The minimum atomic E-state index is -0.353. The predicted octanol–water partition coefficient (Wildman–Crippen LogP) is 2.59. The van der Waals surface area contributed by atoms with Crippen LogP contribution < -0.4 is 10.6 Å². The van der Waals surface area contributed by atoms with E-state index in [1.54, 1.807) is 11.0 Å². The highest BCUT2D eigenvalue weighted by Crippen LogP contribution is 2.38. The molecular formula is C22H36FN5O. The Kier molecular flexibility index (Phi) is 8.44. The van der Waals surface area contributed by atoms with Crippen molar-refractivity contribution in [1.82, 2.24) is 20.4 Å². The summed E-state index contributed by atoms with van der Waals surface area (Å²) in [5.74, 6) is 0.677. The lowest BCUT2D eigenvalue weighted by atomic mass is 9.84. The molecule has 1 fully saturated rings. The molecule has 2 N–H and O–H groups in total. The molecule has 0 aromatic heterocycles. The molecule has 0 heterocycles. The van der Waals surface area contributed by atoms with Crippen molar-refractivity contribution in [3.8, 4) is 0 Å². The first-order chi connectivity index (χ1) is 13.8. The van der Waals surface area contributed by atoms with E-state index in [9.17, 15) is 9.18 Å². The van der Waals surface area contributed by atoms with E-state index in [0.29, 0.717) is 31.2 Å². The summed E-state index contributed by atoms with van der Waals surface area (Å²) in [4.78, 5) is 21.1. The number of carbonyl (C=O) groups excluding carboxylic acids is 1. The number of amides is 1. The molecule has 0 radical (unpaired) electrons. The molecule has 7 heteroatoms. The minimum absolute atomic E-state index is 0.185. The summed E-state index contributed by atoms with van der Waals surface area (Å²) in [5.41, 5.74) is 1.27. The van der Waals surface area contributed by atoms with Crippen molar-refractivity contribution in [2.45, 2.75) is 45.7 Å². The molecule has 0 saturated heterocycles. The second kappa shape index (κ2) is 10.6. The van der Waals surface area contributed by atoms with Crippen LogP contribution in [0.25, 0.3) is 0 Å². The van der Waals surface area contributed by atoms with Crippen molar-refractivity contribution in [1.29, 1.82) is 0 Å². The van der Waals surface area contributed by atoms with Gasteiger partial charge in [-0.1, -0.05) is 18.9 Å². The Bertz CT molecular complexity index is 711. The molecular weight excluding hydrogens is 369 g/mol. The molecule has 1 aromatic carbocycles. The molecule has 162 valence electrons. The number of hydrogen-bond donors (Lipinski definition) is 2. The van der Waals surface area contributed by atoms with Gasteiger partial charge in [0.1, 0.15) is 5.82 Å². The highest BCUT2D eigenvalue weighted by atomic mass is 19.1. The number of aliphatic imine (C=N–C) groups is 1. The fourth-order valence-electron chi connectivity index (χ4n) is 3.95. The van der Waals surface area contributed by atoms with Gasteiger partial charge in [0.2, 0.25) is 5.91 Å². The van der Waals surface area contributed by atoms with Crippen LogP contribution in [0.15, 0.2) is 23.2 Å². The number of rotatable bonds is 8. The molecule has 0 unspecified atom stereocenters. The van der Waals surface area contributed by atoms with Crippen molar-refractivity contribution in [2.75, 3.05) is 41.3 Å². The van der Waals surface area contributed by atoms with Crippen LogP contribution in [0, 0.1) is 11.2 Å². The summed E-state index contributed by atoms with van der Waals surface area (Å²) >= 11 is 0. The number of guanidine groups is 1. The summed E-state index contributed by atoms with van der Waals surface area (Å²) in [7, 11) is 7.49. The highest BCUT2D eigenvalue weighted by molar-refractivity contribution is 5.85. The fourth-order valence-corrected chi connectivity index (χ4v) is 3.95. The molecule has 6 nitrogen and oxygen atoms in total. The van der Waals surface area contributed by atoms with Gasteiger partial charge < -0.3 is 20.4 Å². The zero-order valence-electron chi connectivity index (χ0n) is 18.5. The van der Waals surface area contributed by atoms with E-state index >= 15 is 0 Å². The first-order valence-electron chi connectivity index (χ1n) is 10.4. The number of nitrogens with zero attached hydrogens (tertiary/aromatic N) is 3. The smallest absolute Gasteiger partial charge is 0.230 e. The maximum absolute atomic E-state index is 14.0. The predicted molar refractivity (Wildman–Crippen MR) is 116 cm³/mol. The van der Waals surface area contributed by atoms with Crippen molar-refractivity contribution < 1.29 is 9.18 Å². The highest BCUT2D eigenvalue weighted by Gasteiger charge is 2.42. The van der Waals surface area contributed by atoms with Gasteiger partial charge in [-0.2, -0.15) is 0 Å². The Hall–Kier alpha value is -2.15. The number of hydrogen-bond acceptors (Lipinski definition) is 3. The van der Waals surface area contributed by atoms with E-state index in [4.69, 9.17) is 0 Å². The Labute approximate surface area is 174 Å². The topological polar surface area (TPSA) is 60.0 Å². The SMILES string of the molecule is CCNC(=NCc1ccc(F)c(CN(C)C)c1)NCC1(C(=O)N(C)C)CCCC1. The van der Waals surface area contributed by atoms with E-state index in [-0.39, 0.29) is 17.1 Å². The maximum atomic E-state index is 14.0. The molecule has 0 aliphatic heterocycles. The molecule has 29 heavy (non-hydrogen) atoms. The van der Waals surface area contributed by atoms with Gasteiger partial charge in [-0.3, -0.25) is 4.79 Å². The van der Waals surface area contributed by atoms with Gasteiger partial charge in [0.15, 0.2) is 5.96 Å². The van der Waals surface area contributed by atoms with Crippen molar-refractivity contribution in [3.05, 3.63) is 35.1 Å². The lowest BCUT2D eigenvalue weighted by molar-refractivity contribution is -0.138. The number of halogens is 1. The van der Waals surface area contributed by atoms with Gasteiger partial charge in [-0.15, -0.1) is 0 Å². The number of carbonyl (C=O) groups is 1.